The minimum absolute atomic E-state index is 0.293. The van der Waals surface area contributed by atoms with Crippen molar-refractivity contribution in [2.24, 2.45) is 5.10 Å². The summed E-state index contributed by atoms with van der Waals surface area (Å²) in [5, 5.41) is 15.7. The smallest absolute Gasteiger partial charge is 0.140 e. The van der Waals surface area contributed by atoms with Crippen LogP contribution in [0.3, 0.4) is 0 Å². The van der Waals surface area contributed by atoms with Gasteiger partial charge in [-0.1, -0.05) is 12.1 Å². The molecule has 68 valence electrons. The number of anilines is 1. The van der Waals surface area contributed by atoms with Crippen LogP contribution >= 0.6 is 0 Å². The summed E-state index contributed by atoms with van der Waals surface area (Å²) in [6.45, 7) is 2.86. The first kappa shape index (κ1) is 8.10. The molecule has 1 heterocycles. The molecule has 0 unspecified atom stereocenters. The van der Waals surface area contributed by atoms with E-state index in [2.05, 4.69) is 5.10 Å². The maximum Gasteiger partial charge on any atom is 0.140 e. The minimum atomic E-state index is 0.293. The highest BCUT2D eigenvalue weighted by Crippen LogP contribution is 2.28. The van der Waals surface area contributed by atoms with Gasteiger partial charge in [0.15, 0.2) is 0 Å². The first-order valence-electron chi connectivity index (χ1n) is 4.37. The zero-order valence-electron chi connectivity index (χ0n) is 7.57. The third-order valence-electron chi connectivity index (χ3n) is 2.14. The van der Waals surface area contributed by atoms with E-state index >= 15 is 0 Å². The van der Waals surface area contributed by atoms with Crippen LogP contribution in [0.15, 0.2) is 29.4 Å². The summed E-state index contributed by atoms with van der Waals surface area (Å²) in [7, 11) is 0. The van der Waals surface area contributed by atoms with Crippen LogP contribution in [0.4, 0.5) is 5.69 Å². The highest BCUT2D eigenvalue weighted by atomic mass is 16.3. The molecule has 0 aliphatic carbocycles. The van der Waals surface area contributed by atoms with Gasteiger partial charge in [0.2, 0.25) is 0 Å². The van der Waals surface area contributed by atoms with Crippen molar-refractivity contribution in [1.29, 1.82) is 0 Å². The lowest BCUT2D eigenvalue weighted by atomic mass is 10.3. The lowest BCUT2D eigenvalue weighted by molar-refractivity contribution is 0.474. The van der Waals surface area contributed by atoms with Crippen molar-refractivity contribution in [3.05, 3.63) is 24.3 Å². The van der Waals surface area contributed by atoms with E-state index in [9.17, 15) is 5.11 Å². The Morgan fingerprint density at radius 1 is 1.38 bits per heavy atom. The quantitative estimate of drug-likeness (QED) is 0.710. The number of benzene rings is 1. The van der Waals surface area contributed by atoms with Gasteiger partial charge in [0.25, 0.3) is 0 Å². The van der Waals surface area contributed by atoms with Crippen molar-refractivity contribution in [1.82, 2.24) is 0 Å². The predicted molar refractivity (Wildman–Crippen MR) is 53.2 cm³/mol. The largest absolute Gasteiger partial charge is 0.506 e. The molecule has 0 atom stereocenters. The molecule has 0 bridgehead atoms. The number of hydrazone groups is 1. The molecule has 13 heavy (non-hydrogen) atoms. The van der Waals surface area contributed by atoms with Crippen molar-refractivity contribution >= 4 is 11.4 Å². The average molecular weight is 176 g/mol. The number of phenols is 1. The maximum atomic E-state index is 9.55. The van der Waals surface area contributed by atoms with Crippen LogP contribution in [-0.2, 0) is 0 Å². The highest BCUT2D eigenvalue weighted by Gasteiger charge is 2.14. The van der Waals surface area contributed by atoms with E-state index < -0.39 is 0 Å². The second-order valence-corrected chi connectivity index (χ2v) is 3.20. The van der Waals surface area contributed by atoms with Crippen LogP contribution in [0.1, 0.15) is 13.3 Å². The molecule has 0 fully saturated rings. The molecule has 1 aromatic rings. The molecule has 0 aromatic heterocycles. The number of hydrogen-bond acceptors (Lipinski definition) is 3. The van der Waals surface area contributed by atoms with E-state index in [4.69, 9.17) is 0 Å². The summed E-state index contributed by atoms with van der Waals surface area (Å²) in [5.74, 6) is 0.293. The molecule has 3 nitrogen and oxygen atoms in total. The molecule has 2 rings (SSSR count). The molecule has 1 aromatic carbocycles. The molecule has 1 N–H and O–H groups in total. The van der Waals surface area contributed by atoms with Crippen molar-refractivity contribution in [3.8, 4) is 5.75 Å². The molecule has 1 aliphatic rings. The van der Waals surface area contributed by atoms with Crippen LogP contribution < -0.4 is 5.01 Å². The first-order valence-corrected chi connectivity index (χ1v) is 4.37. The second kappa shape index (κ2) is 3.09. The molecule has 0 saturated carbocycles. The summed E-state index contributed by atoms with van der Waals surface area (Å²) in [4.78, 5) is 0. The summed E-state index contributed by atoms with van der Waals surface area (Å²) < 4.78 is 0. The monoisotopic (exact) mass is 176 g/mol. The Bertz CT molecular complexity index is 347. The third-order valence-corrected chi connectivity index (χ3v) is 2.14. The van der Waals surface area contributed by atoms with Gasteiger partial charge >= 0.3 is 0 Å². The summed E-state index contributed by atoms with van der Waals surface area (Å²) in [5.41, 5.74) is 1.91. The van der Waals surface area contributed by atoms with E-state index in [1.807, 2.05) is 30.1 Å². The fourth-order valence-corrected chi connectivity index (χ4v) is 1.43. The van der Waals surface area contributed by atoms with Gasteiger partial charge in [0.1, 0.15) is 11.4 Å². The van der Waals surface area contributed by atoms with Gasteiger partial charge in [0, 0.05) is 18.7 Å². The minimum Gasteiger partial charge on any atom is -0.506 e. The molecule has 0 amide bonds. The Morgan fingerprint density at radius 2 is 2.15 bits per heavy atom. The van der Waals surface area contributed by atoms with Gasteiger partial charge in [-0.15, -0.1) is 0 Å². The van der Waals surface area contributed by atoms with Gasteiger partial charge in [0.05, 0.1) is 0 Å². The number of rotatable bonds is 1. The first-order chi connectivity index (χ1) is 6.27. The Labute approximate surface area is 77.3 Å². The Kier molecular flexibility index (Phi) is 1.93. The van der Waals surface area contributed by atoms with Crippen LogP contribution in [0.5, 0.6) is 5.75 Å². The van der Waals surface area contributed by atoms with E-state index in [1.54, 1.807) is 6.07 Å². The SMILES string of the molecule is CC1=NN(c2ccccc2O)CC1. The molecule has 1 aliphatic heterocycles. The normalized spacial score (nSPS) is 16.1. The molecular weight excluding hydrogens is 164 g/mol. The molecule has 0 saturated heterocycles. The highest BCUT2D eigenvalue weighted by molar-refractivity contribution is 5.86. The van der Waals surface area contributed by atoms with E-state index in [-0.39, 0.29) is 0 Å². The van der Waals surface area contributed by atoms with Crippen LogP contribution in [-0.4, -0.2) is 17.4 Å². The fraction of sp³-hybridized carbons (Fsp3) is 0.300. The number of aromatic hydroxyl groups is 1. The van der Waals surface area contributed by atoms with Crippen LogP contribution in [0, 0.1) is 0 Å². The lowest BCUT2D eigenvalue weighted by Gasteiger charge is -2.14. The van der Waals surface area contributed by atoms with Crippen molar-refractivity contribution < 1.29 is 5.11 Å². The maximum absolute atomic E-state index is 9.55. The van der Waals surface area contributed by atoms with Crippen LogP contribution in [0.25, 0.3) is 0 Å². The van der Waals surface area contributed by atoms with Crippen LogP contribution in [0.2, 0.25) is 0 Å². The Balaban J connectivity index is 2.31. The molecular formula is C10H12N2O. The predicted octanol–water partition coefficient (Wildman–Crippen LogP) is 1.98. The number of nitrogens with zero attached hydrogens (tertiary/aromatic N) is 2. The summed E-state index contributed by atoms with van der Waals surface area (Å²) >= 11 is 0. The number of para-hydroxylation sites is 2. The van der Waals surface area contributed by atoms with E-state index in [0.717, 1.165) is 24.4 Å². The van der Waals surface area contributed by atoms with Gasteiger partial charge in [-0.3, -0.25) is 5.01 Å². The third kappa shape index (κ3) is 1.49. The number of phenolic OH excluding ortho intramolecular Hbond substituents is 1. The van der Waals surface area contributed by atoms with Crippen molar-refractivity contribution in [3.63, 3.8) is 0 Å². The second-order valence-electron chi connectivity index (χ2n) is 3.20. The van der Waals surface area contributed by atoms with Crippen molar-refractivity contribution in [2.75, 3.05) is 11.6 Å². The van der Waals surface area contributed by atoms with E-state index in [0.29, 0.717) is 5.75 Å². The van der Waals surface area contributed by atoms with E-state index in [1.165, 1.54) is 0 Å². The fourth-order valence-electron chi connectivity index (χ4n) is 1.43. The zero-order chi connectivity index (χ0) is 9.26. The van der Waals surface area contributed by atoms with Gasteiger partial charge in [-0.05, 0) is 19.1 Å². The topological polar surface area (TPSA) is 35.8 Å². The van der Waals surface area contributed by atoms with Gasteiger partial charge < -0.3 is 5.11 Å². The van der Waals surface area contributed by atoms with Gasteiger partial charge in [-0.25, -0.2) is 0 Å². The average Bonchev–Trinajstić information content (AvgIpc) is 2.53. The summed E-state index contributed by atoms with van der Waals surface area (Å²) in [6, 6.07) is 7.26. The van der Waals surface area contributed by atoms with Crippen molar-refractivity contribution in [2.45, 2.75) is 13.3 Å². The standard InChI is InChI=1S/C10H12N2O/c1-8-6-7-12(11-8)9-4-2-3-5-10(9)13/h2-5,13H,6-7H2,1H3. The molecule has 0 radical (unpaired) electrons. The number of hydrogen-bond donors (Lipinski definition) is 1. The van der Waals surface area contributed by atoms with Gasteiger partial charge in [-0.2, -0.15) is 5.10 Å². The molecule has 0 spiro atoms. The Morgan fingerprint density at radius 3 is 2.77 bits per heavy atom. The lowest BCUT2D eigenvalue weighted by Crippen LogP contribution is -2.11. The molecule has 3 heteroatoms. The zero-order valence-corrected chi connectivity index (χ0v) is 7.57. The summed E-state index contributed by atoms with van der Waals surface area (Å²) in [6.07, 6.45) is 0.980. The Hall–Kier alpha value is -1.51.